The van der Waals surface area contributed by atoms with Crippen molar-refractivity contribution in [2.45, 2.75) is 38.5 Å². The molecule has 1 aromatic rings. The van der Waals surface area contributed by atoms with Crippen molar-refractivity contribution >= 4 is 11.6 Å². The van der Waals surface area contributed by atoms with Crippen molar-refractivity contribution in [3.8, 4) is 0 Å². The van der Waals surface area contributed by atoms with Gasteiger partial charge in [0.1, 0.15) is 0 Å². The summed E-state index contributed by atoms with van der Waals surface area (Å²) in [5.41, 5.74) is 4.34. The summed E-state index contributed by atoms with van der Waals surface area (Å²) in [5.74, 6) is 0.867. The zero-order valence-electron chi connectivity index (χ0n) is 8.89. The number of hydrogen-bond acceptors (Lipinski definition) is 0. The zero-order chi connectivity index (χ0) is 10.1. The van der Waals surface area contributed by atoms with Crippen LogP contribution in [-0.4, -0.2) is 0 Å². The predicted molar refractivity (Wildman–Crippen MR) is 61.9 cm³/mol. The van der Waals surface area contributed by atoms with Gasteiger partial charge in [0.25, 0.3) is 0 Å². The summed E-state index contributed by atoms with van der Waals surface area (Å²) in [5, 5.41) is 0.140. The van der Waals surface area contributed by atoms with Crippen molar-refractivity contribution in [3.05, 3.63) is 34.9 Å². The standard InChI is InChI=1S/C13H17Cl/c1-3-10-6-12-5-4-11(9(2)14)8-13(12)7-10/h4-5,8-10H,3,6-7H2,1-2H3/t9-,10-/m0/s1. The third-order valence-electron chi connectivity index (χ3n) is 3.28. The SMILES string of the molecule is CC[C@H]1Cc2ccc([C@H](C)Cl)cc2C1. The highest BCUT2D eigenvalue weighted by Crippen LogP contribution is 2.31. The Balaban J connectivity index is 2.26. The largest absolute Gasteiger partial charge is 0.118 e. The van der Waals surface area contributed by atoms with Gasteiger partial charge >= 0.3 is 0 Å². The van der Waals surface area contributed by atoms with Crippen molar-refractivity contribution in [1.82, 2.24) is 0 Å². The fourth-order valence-electron chi connectivity index (χ4n) is 2.27. The second kappa shape index (κ2) is 3.94. The summed E-state index contributed by atoms with van der Waals surface area (Å²) < 4.78 is 0. The minimum Gasteiger partial charge on any atom is -0.118 e. The minimum atomic E-state index is 0.140. The van der Waals surface area contributed by atoms with Gasteiger partial charge in [0, 0.05) is 0 Å². The van der Waals surface area contributed by atoms with E-state index in [-0.39, 0.29) is 5.38 Å². The van der Waals surface area contributed by atoms with E-state index in [0.29, 0.717) is 0 Å². The van der Waals surface area contributed by atoms with E-state index >= 15 is 0 Å². The van der Waals surface area contributed by atoms with Crippen LogP contribution in [0.2, 0.25) is 0 Å². The lowest BCUT2D eigenvalue weighted by atomic mass is 10.0. The Morgan fingerprint density at radius 2 is 2.07 bits per heavy atom. The molecule has 1 aromatic carbocycles. The van der Waals surface area contributed by atoms with E-state index in [1.165, 1.54) is 36.0 Å². The molecule has 0 heterocycles. The second-order valence-electron chi connectivity index (χ2n) is 4.33. The molecule has 0 bridgehead atoms. The maximum absolute atomic E-state index is 6.08. The molecule has 76 valence electrons. The Kier molecular flexibility index (Phi) is 2.83. The molecule has 1 aliphatic rings. The van der Waals surface area contributed by atoms with Crippen LogP contribution in [0.25, 0.3) is 0 Å². The number of benzene rings is 1. The zero-order valence-corrected chi connectivity index (χ0v) is 9.64. The van der Waals surface area contributed by atoms with Crippen LogP contribution in [0.4, 0.5) is 0 Å². The summed E-state index contributed by atoms with van der Waals surface area (Å²) >= 11 is 6.08. The maximum Gasteiger partial charge on any atom is 0.0557 e. The number of halogens is 1. The normalized spacial score (nSPS) is 22.1. The van der Waals surface area contributed by atoms with Crippen molar-refractivity contribution in [2.24, 2.45) is 5.92 Å². The molecule has 0 spiro atoms. The molecule has 2 atom stereocenters. The van der Waals surface area contributed by atoms with E-state index in [4.69, 9.17) is 11.6 Å². The molecule has 0 fully saturated rings. The summed E-state index contributed by atoms with van der Waals surface area (Å²) in [7, 11) is 0. The first kappa shape index (κ1) is 10.0. The van der Waals surface area contributed by atoms with Crippen LogP contribution >= 0.6 is 11.6 Å². The Morgan fingerprint density at radius 1 is 1.36 bits per heavy atom. The molecule has 0 saturated carbocycles. The molecule has 1 heteroatoms. The quantitative estimate of drug-likeness (QED) is 0.642. The molecule has 0 amide bonds. The molecule has 0 N–H and O–H groups in total. The van der Waals surface area contributed by atoms with Crippen LogP contribution in [0, 0.1) is 5.92 Å². The Morgan fingerprint density at radius 3 is 2.71 bits per heavy atom. The van der Waals surface area contributed by atoms with Gasteiger partial charge in [0.05, 0.1) is 5.38 Å². The number of fused-ring (bicyclic) bond motifs is 1. The molecule has 2 rings (SSSR count). The first-order chi connectivity index (χ1) is 6.70. The van der Waals surface area contributed by atoms with Crippen LogP contribution < -0.4 is 0 Å². The van der Waals surface area contributed by atoms with E-state index in [9.17, 15) is 0 Å². The van der Waals surface area contributed by atoms with E-state index in [1.54, 1.807) is 0 Å². The lowest BCUT2D eigenvalue weighted by Gasteiger charge is -2.05. The van der Waals surface area contributed by atoms with Gasteiger partial charge in [0.2, 0.25) is 0 Å². The van der Waals surface area contributed by atoms with Crippen LogP contribution in [-0.2, 0) is 12.8 Å². The number of rotatable bonds is 2. The predicted octanol–water partition coefficient (Wildman–Crippen LogP) is 4.11. The molecule has 0 aliphatic heterocycles. The molecule has 1 aliphatic carbocycles. The van der Waals surface area contributed by atoms with E-state index in [1.807, 2.05) is 6.92 Å². The fraction of sp³-hybridized carbons (Fsp3) is 0.538. The van der Waals surface area contributed by atoms with Gasteiger partial charge in [-0.1, -0.05) is 31.5 Å². The first-order valence-corrected chi connectivity index (χ1v) is 5.90. The highest BCUT2D eigenvalue weighted by molar-refractivity contribution is 6.20. The Labute approximate surface area is 91.3 Å². The summed E-state index contributed by atoms with van der Waals surface area (Å²) in [6.45, 7) is 4.32. The summed E-state index contributed by atoms with van der Waals surface area (Å²) in [6, 6.07) is 6.73. The van der Waals surface area contributed by atoms with Crippen LogP contribution in [0.1, 0.15) is 42.3 Å². The van der Waals surface area contributed by atoms with Gasteiger partial charge in [0.15, 0.2) is 0 Å². The molecule has 0 aromatic heterocycles. The number of alkyl halides is 1. The van der Waals surface area contributed by atoms with Gasteiger partial charge in [-0.3, -0.25) is 0 Å². The molecule has 0 saturated heterocycles. The molecular weight excluding hydrogens is 192 g/mol. The minimum absolute atomic E-state index is 0.140. The number of hydrogen-bond donors (Lipinski definition) is 0. The molecular formula is C13H17Cl. The van der Waals surface area contributed by atoms with Crippen molar-refractivity contribution in [2.75, 3.05) is 0 Å². The average Bonchev–Trinajstić information content (AvgIpc) is 2.58. The van der Waals surface area contributed by atoms with Gasteiger partial charge < -0.3 is 0 Å². The van der Waals surface area contributed by atoms with Crippen LogP contribution in [0.3, 0.4) is 0 Å². The van der Waals surface area contributed by atoms with Gasteiger partial charge in [-0.15, -0.1) is 11.6 Å². The molecule has 14 heavy (non-hydrogen) atoms. The topological polar surface area (TPSA) is 0 Å². The third-order valence-corrected chi connectivity index (χ3v) is 3.54. The lowest BCUT2D eigenvalue weighted by Crippen LogP contribution is -1.95. The van der Waals surface area contributed by atoms with Gasteiger partial charge in [-0.2, -0.15) is 0 Å². The summed E-state index contributed by atoms with van der Waals surface area (Å²) in [4.78, 5) is 0. The highest BCUT2D eigenvalue weighted by atomic mass is 35.5. The highest BCUT2D eigenvalue weighted by Gasteiger charge is 2.20. The lowest BCUT2D eigenvalue weighted by molar-refractivity contribution is 0.543. The van der Waals surface area contributed by atoms with Gasteiger partial charge in [-0.05, 0) is 42.4 Å². The Bertz CT molecular complexity index is 328. The van der Waals surface area contributed by atoms with Crippen molar-refractivity contribution < 1.29 is 0 Å². The maximum atomic E-state index is 6.08. The van der Waals surface area contributed by atoms with E-state index in [0.717, 1.165) is 5.92 Å². The monoisotopic (exact) mass is 208 g/mol. The van der Waals surface area contributed by atoms with E-state index < -0.39 is 0 Å². The summed E-state index contributed by atoms with van der Waals surface area (Å²) in [6.07, 6.45) is 3.81. The van der Waals surface area contributed by atoms with E-state index in [2.05, 4.69) is 25.1 Å². The van der Waals surface area contributed by atoms with Crippen molar-refractivity contribution in [1.29, 1.82) is 0 Å². The molecule has 0 unspecified atom stereocenters. The molecule has 0 radical (unpaired) electrons. The molecule has 0 nitrogen and oxygen atoms in total. The Hall–Kier alpha value is -0.490. The van der Waals surface area contributed by atoms with Gasteiger partial charge in [-0.25, -0.2) is 0 Å². The average molecular weight is 209 g/mol. The van der Waals surface area contributed by atoms with Crippen LogP contribution in [0.15, 0.2) is 18.2 Å². The van der Waals surface area contributed by atoms with Crippen LogP contribution in [0.5, 0.6) is 0 Å². The first-order valence-electron chi connectivity index (χ1n) is 5.46. The smallest absolute Gasteiger partial charge is 0.0557 e. The second-order valence-corrected chi connectivity index (χ2v) is 4.98. The van der Waals surface area contributed by atoms with Crippen molar-refractivity contribution in [3.63, 3.8) is 0 Å². The third kappa shape index (κ3) is 1.81. The fourth-order valence-corrected chi connectivity index (χ4v) is 2.40.